The summed E-state index contributed by atoms with van der Waals surface area (Å²) in [7, 11) is 2.16. The molecule has 1 aromatic heterocycles. The lowest BCUT2D eigenvalue weighted by Gasteiger charge is -2.22. The van der Waals surface area contributed by atoms with Crippen molar-refractivity contribution in [3.05, 3.63) is 23.5 Å². The average Bonchev–Trinajstić information content (AvgIpc) is 2.31. The average molecular weight is 249 g/mol. The summed E-state index contributed by atoms with van der Waals surface area (Å²) in [6.45, 7) is 11.7. The third-order valence-corrected chi connectivity index (χ3v) is 2.94. The summed E-state index contributed by atoms with van der Waals surface area (Å²) < 4.78 is 0. The fraction of sp³-hybridized carbons (Fsp3) is 0.667. The highest BCUT2D eigenvalue weighted by Crippen LogP contribution is 2.20. The summed E-state index contributed by atoms with van der Waals surface area (Å²) in [5.41, 5.74) is 3.68. The van der Waals surface area contributed by atoms with Crippen LogP contribution >= 0.6 is 0 Å². The molecule has 0 aliphatic rings. The number of aromatic nitrogens is 1. The maximum Gasteiger partial charge on any atom is 0.0442 e. The third-order valence-electron chi connectivity index (χ3n) is 2.94. The van der Waals surface area contributed by atoms with Crippen LogP contribution in [0.1, 0.15) is 38.4 Å². The molecule has 0 aliphatic heterocycles. The summed E-state index contributed by atoms with van der Waals surface area (Å²) in [6.07, 6.45) is 3.17. The van der Waals surface area contributed by atoms with Gasteiger partial charge in [-0.3, -0.25) is 4.98 Å². The predicted octanol–water partition coefficient (Wildman–Crippen LogP) is 2.98. The zero-order valence-electron chi connectivity index (χ0n) is 12.5. The Balaban J connectivity index is 2.76. The van der Waals surface area contributed by atoms with E-state index in [2.05, 4.69) is 56.0 Å². The van der Waals surface area contributed by atoms with Gasteiger partial charge in [0.05, 0.1) is 0 Å². The van der Waals surface area contributed by atoms with Crippen LogP contribution in [0, 0.1) is 12.8 Å². The van der Waals surface area contributed by atoms with Gasteiger partial charge in [0.25, 0.3) is 0 Å². The molecule has 0 unspecified atom stereocenters. The summed E-state index contributed by atoms with van der Waals surface area (Å²) in [4.78, 5) is 6.73. The van der Waals surface area contributed by atoms with Crippen LogP contribution in [-0.4, -0.2) is 25.1 Å². The zero-order valence-corrected chi connectivity index (χ0v) is 12.5. The van der Waals surface area contributed by atoms with Crippen molar-refractivity contribution >= 4 is 5.69 Å². The third kappa shape index (κ3) is 4.65. The van der Waals surface area contributed by atoms with Crippen molar-refractivity contribution in [3.8, 4) is 0 Å². The smallest absolute Gasteiger partial charge is 0.0442 e. The predicted molar refractivity (Wildman–Crippen MR) is 79.1 cm³/mol. The molecule has 1 heterocycles. The van der Waals surface area contributed by atoms with E-state index in [0.29, 0.717) is 5.92 Å². The largest absolute Gasteiger partial charge is 0.374 e. The minimum absolute atomic E-state index is 0.681. The topological polar surface area (TPSA) is 28.2 Å². The second kappa shape index (κ2) is 7.37. The number of hydrogen-bond donors (Lipinski definition) is 1. The SMILES string of the molecule is CCCN(C)c1cc(C)ncc1CNCC(C)C. The van der Waals surface area contributed by atoms with Crippen LogP contribution in [0.3, 0.4) is 0 Å². The first-order valence-electron chi connectivity index (χ1n) is 6.92. The van der Waals surface area contributed by atoms with Crippen LogP contribution in [0.5, 0.6) is 0 Å². The van der Waals surface area contributed by atoms with Gasteiger partial charge in [0.15, 0.2) is 0 Å². The number of nitrogens with one attached hydrogen (secondary N) is 1. The van der Waals surface area contributed by atoms with Crippen LogP contribution < -0.4 is 10.2 Å². The molecule has 102 valence electrons. The maximum atomic E-state index is 4.41. The standard InChI is InChI=1S/C15H27N3/c1-6-7-18(5)15-8-13(4)17-11-14(15)10-16-9-12(2)3/h8,11-12,16H,6-7,9-10H2,1-5H3. The number of aryl methyl sites for hydroxylation is 1. The molecule has 0 amide bonds. The van der Waals surface area contributed by atoms with Gasteiger partial charge in [-0.2, -0.15) is 0 Å². The normalized spacial score (nSPS) is 11.0. The second-order valence-electron chi connectivity index (χ2n) is 5.40. The molecule has 0 saturated heterocycles. The molecule has 0 aliphatic carbocycles. The Labute approximate surface area is 112 Å². The molecular weight excluding hydrogens is 222 g/mol. The Bertz CT molecular complexity index is 361. The molecule has 0 radical (unpaired) electrons. The zero-order chi connectivity index (χ0) is 13.5. The Kier molecular flexibility index (Phi) is 6.13. The Morgan fingerprint density at radius 3 is 2.72 bits per heavy atom. The van der Waals surface area contributed by atoms with Gasteiger partial charge in [0, 0.05) is 43.3 Å². The Morgan fingerprint density at radius 2 is 2.11 bits per heavy atom. The van der Waals surface area contributed by atoms with Crippen LogP contribution in [-0.2, 0) is 6.54 Å². The lowest BCUT2D eigenvalue weighted by atomic mass is 10.1. The molecule has 0 fully saturated rings. The van der Waals surface area contributed by atoms with Crippen LogP contribution in [0.2, 0.25) is 0 Å². The van der Waals surface area contributed by atoms with Crippen molar-refractivity contribution in [2.24, 2.45) is 5.92 Å². The maximum absolute atomic E-state index is 4.41. The lowest BCUT2D eigenvalue weighted by Crippen LogP contribution is -2.24. The van der Waals surface area contributed by atoms with E-state index in [1.807, 2.05) is 6.20 Å². The highest BCUT2D eigenvalue weighted by molar-refractivity contribution is 5.53. The van der Waals surface area contributed by atoms with Gasteiger partial charge >= 0.3 is 0 Å². The minimum Gasteiger partial charge on any atom is -0.374 e. The summed E-state index contributed by atoms with van der Waals surface area (Å²) >= 11 is 0. The fourth-order valence-corrected chi connectivity index (χ4v) is 2.02. The summed E-state index contributed by atoms with van der Waals surface area (Å²) in [6, 6.07) is 2.18. The van der Waals surface area contributed by atoms with Crippen molar-refractivity contribution in [1.82, 2.24) is 10.3 Å². The van der Waals surface area contributed by atoms with E-state index in [1.54, 1.807) is 0 Å². The first-order valence-corrected chi connectivity index (χ1v) is 6.92. The number of rotatable bonds is 7. The lowest BCUT2D eigenvalue weighted by molar-refractivity contribution is 0.551. The van der Waals surface area contributed by atoms with Crippen molar-refractivity contribution in [2.45, 2.75) is 40.7 Å². The number of nitrogens with zero attached hydrogens (tertiary/aromatic N) is 2. The molecular formula is C15H27N3. The molecule has 1 rings (SSSR count). The first-order chi connectivity index (χ1) is 8.54. The minimum atomic E-state index is 0.681. The molecule has 1 N–H and O–H groups in total. The van der Waals surface area contributed by atoms with Gasteiger partial charge in [-0.1, -0.05) is 20.8 Å². The fourth-order valence-electron chi connectivity index (χ4n) is 2.02. The molecule has 3 heteroatoms. The first kappa shape index (κ1) is 15.0. The monoisotopic (exact) mass is 249 g/mol. The molecule has 18 heavy (non-hydrogen) atoms. The van der Waals surface area contributed by atoms with Crippen LogP contribution in [0.25, 0.3) is 0 Å². The second-order valence-corrected chi connectivity index (χ2v) is 5.40. The summed E-state index contributed by atoms with van der Waals surface area (Å²) in [5.74, 6) is 0.681. The van der Waals surface area contributed by atoms with E-state index in [9.17, 15) is 0 Å². The van der Waals surface area contributed by atoms with Gasteiger partial charge < -0.3 is 10.2 Å². The van der Waals surface area contributed by atoms with Crippen molar-refractivity contribution in [2.75, 3.05) is 25.0 Å². The molecule has 3 nitrogen and oxygen atoms in total. The van der Waals surface area contributed by atoms with Crippen molar-refractivity contribution in [1.29, 1.82) is 0 Å². The molecule has 0 aromatic carbocycles. The number of pyridine rings is 1. The molecule has 1 aromatic rings. The number of hydrogen-bond acceptors (Lipinski definition) is 3. The van der Waals surface area contributed by atoms with Gasteiger partial charge in [0.2, 0.25) is 0 Å². The highest BCUT2D eigenvalue weighted by Gasteiger charge is 2.08. The van der Waals surface area contributed by atoms with Crippen molar-refractivity contribution in [3.63, 3.8) is 0 Å². The summed E-state index contributed by atoms with van der Waals surface area (Å²) in [5, 5.41) is 3.49. The van der Waals surface area contributed by atoms with E-state index in [4.69, 9.17) is 0 Å². The van der Waals surface area contributed by atoms with Crippen molar-refractivity contribution < 1.29 is 0 Å². The van der Waals surface area contributed by atoms with Gasteiger partial charge in [-0.05, 0) is 31.9 Å². The van der Waals surface area contributed by atoms with E-state index in [0.717, 1.165) is 31.7 Å². The van der Waals surface area contributed by atoms with Crippen LogP contribution in [0.15, 0.2) is 12.3 Å². The molecule has 0 atom stereocenters. The molecule has 0 spiro atoms. The molecule has 0 bridgehead atoms. The van der Waals surface area contributed by atoms with Gasteiger partial charge in [0.1, 0.15) is 0 Å². The Hall–Kier alpha value is -1.09. The quantitative estimate of drug-likeness (QED) is 0.805. The van der Waals surface area contributed by atoms with E-state index in [1.165, 1.54) is 11.3 Å². The van der Waals surface area contributed by atoms with Gasteiger partial charge in [-0.15, -0.1) is 0 Å². The Morgan fingerprint density at radius 1 is 1.39 bits per heavy atom. The van der Waals surface area contributed by atoms with Crippen LogP contribution in [0.4, 0.5) is 5.69 Å². The van der Waals surface area contributed by atoms with E-state index >= 15 is 0 Å². The number of anilines is 1. The molecule has 0 saturated carbocycles. The van der Waals surface area contributed by atoms with E-state index in [-0.39, 0.29) is 0 Å². The van der Waals surface area contributed by atoms with E-state index < -0.39 is 0 Å². The van der Waals surface area contributed by atoms with Gasteiger partial charge in [-0.25, -0.2) is 0 Å². The highest BCUT2D eigenvalue weighted by atomic mass is 15.1.